The fourth-order valence-electron chi connectivity index (χ4n) is 6.90. The summed E-state index contributed by atoms with van der Waals surface area (Å²) in [5, 5.41) is 14.5. The van der Waals surface area contributed by atoms with Gasteiger partial charge in [0.25, 0.3) is 11.8 Å². The molecule has 2 N–H and O–H groups in total. The minimum Gasteiger partial charge on any atom is -0.390 e. The minimum atomic E-state index is -0.675. The van der Waals surface area contributed by atoms with Crippen molar-refractivity contribution in [3.8, 4) is 0 Å². The van der Waals surface area contributed by atoms with E-state index in [2.05, 4.69) is 27.2 Å². The summed E-state index contributed by atoms with van der Waals surface area (Å²) in [6.07, 6.45) is 4.13. The van der Waals surface area contributed by atoms with Gasteiger partial charge in [0.15, 0.2) is 0 Å². The Morgan fingerprint density at radius 3 is 2.58 bits per heavy atom. The van der Waals surface area contributed by atoms with Gasteiger partial charge < -0.3 is 29.9 Å². The number of methoxy groups -OCH3 is 1. The molecular formula is C30H38N4O4. The molecule has 202 valence electrons. The first-order valence-corrected chi connectivity index (χ1v) is 13.9. The Labute approximate surface area is 224 Å². The minimum absolute atomic E-state index is 0.0517. The summed E-state index contributed by atoms with van der Waals surface area (Å²) < 4.78 is 5.60. The highest BCUT2D eigenvalue weighted by atomic mass is 16.5. The third-order valence-corrected chi connectivity index (χ3v) is 9.12. The molecule has 2 amide bonds. The van der Waals surface area contributed by atoms with Crippen molar-refractivity contribution in [1.29, 1.82) is 0 Å². The van der Waals surface area contributed by atoms with Gasteiger partial charge in [-0.1, -0.05) is 24.3 Å². The molecule has 2 aromatic rings. The number of benzene rings is 2. The number of likely N-dealkylation sites (N-methyl/N-ethyl adjacent to an activating group) is 1. The topological polar surface area (TPSA) is 85.3 Å². The highest BCUT2D eigenvalue weighted by molar-refractivity contribution is 6.03. The Balaban J connectivity index is 1.17. The van der Waals surface area contributed by atoms with Gasteiger partial charge in [0.2, 0.25) is 0 Å². The van der Waals surface area contributed by atoms with Gasteiger partial charge in [0.05, 0.1) is 23.5 Å². The van der Waals surface area contributed by atoms with E-state index in [1.54, 1.807) is 24.1 Å². The van der Waals surface area contributed by atoms with Crippen LogP contribution in [0.15, 0.2) is 42.5 Å². The fraction of sp³-hybridized carbons (Fsp3) is 0.533. The highest BCUT2D eigenvalue weighted by Crippen LogP contribution is 2.38. The summed E-state index contributed by atoms with van der Waals surface area (Å²) in [5.41, 5.74) is 4.51. The van der Waals surface area contributed by atoms with Gasteiger partial charge >= 0.3 is 0 Å². The van der Waals surface area contributed by atoms with E-state index in [4.69, 9.17) is 4.74 Å². The third kappa shape index (κ3) is 4.59. The lowest BCUT2D eigenvalue weighted by atomic mass is 9.92. The SMILES string of the molecule is COC1CC2CCC(C1)N2C(=O)c1ccc2c(c1)N(C)CCN(C[C@@H](O)[C@@H]1Cc3ccccc3CN1)C2=O. The lowest BCUT2D eigenvalue weighted by molar-refractivity contribution is 0.00821. The van der Waals surface area contributed by atoms with Crippen LogP contribution in [0.3, 0.4) is 0 Å². The predicted molar refractivity (Wildman–Crippen MR) is 145 cm³/mol. The second-order valence-electron chi connectivity index (χ2n) is 11.4. The van der Waals surface area contributed by atoms with Crippen LogP contribution in [-0.2, 0) is 17.7 Å². The molecule has 2 saturated heterocycles. The Bertz CT molecular complexity index is 1200. The number of nitrogens with zero attached hydrogens (tertiary/aromatic N) is 3. The second kappa shape index (κ2) is 10.3. The molecule has 2 unspecified atom stereocenters. The summed E-state index contributed by atoms with van der Waals surface area (Å²) in [6, 6.07) is 14.1. The van der Waals surface area contributed by atoms with E-state index < -0.39 is 6.10 Å². The van der Waals surface area contributed by atoms with Gasteiger partial charge in [-0.25, -0.2) is 0 Å². The first kappa shape index (κ1) is 25.3. The highest BCUT2D eigenvalue weighted by Gasteiger charge is 2.43. The number of carbonyl (C=O) groups is 2. The summed E-state index contributed by atoms with van der Waals surface area (Å²) in [6.45, 7) is 2.14. The van der Waals surface area contributed by atoms with Crippen molar-refractivity contribution in [2.24, 2.45) is 0 Å². The number of hydrogen-bond donors (Lipinski definition) is 2. The molecule has 2 aromatic carbocycles. The summed E-state index contributed by atoms with van der Waals surface area (Å²) in [7, 11) is 3.72. The molecule has 0 radical (unpaired) electrons. The number of amides is 2. The van der Waals surface area contributed by atoms with Crippen molar-refractivity contribution < 1.29 is 19.4 Å². The number of rotatable bonds is 5. The number of ether oxygens (including phenoxy) is 1. The molecule has 0 saturated carbocycles. The summed E-state index contributed by atoms with van der Waals surface area (Å²) in [4.78, 5) is 33.1. The van der Waals surface area contributed by atoms with Crippen LogP contribution >= 0.6 is 0 Å². The van der Waals surface area contributed by atoms with Gasteiger partial charge in [0, 0.05) is 64.0 Å². The molecule has 4 heterocycles. The molecule has 6 rings (SSSR count). The van der Waals surface area contributed by atoms with E-state index in [0.29, 0.717) is 24.2 Å². The molecule has 0 aromatic heterocycles. The van der Waals surface area contributed by atoms with E-state index in [0.717, 1.165) is 44.3 Å². The van der Waals surface area contributed by atoms with Crippen LogP contribution in [0.25, 0.3) is 0 Å². The largest absolute Gasteiger partial charge is 0.390 e. The van der Waals surface area contributed by atoms with Crippen LogP contribution in [-0.4, -0.2) is 90.8 Å². The van der Waals surface area contributed by atoms with Crippen LogP contribution in [0.2, 0.25) is 0 Å². The van der Waals surface area contributed by atoms with Crippen molar-refractivity contribution >= 4 is 17.5 Å². The van der Waals surface area contributed by atoms with Gasteiger partial charge in [-0.2, -0.15) is 0 Å². The van der Waals surface area contributed by atoms with Crippen LogP contribution in [0.5, 0.6) is 0 Å². The number of aliphatic hydroxyl groups excluding tert-OH is 1. The fourth-order valence-corrected chi connectivity index (χ4v) is 6.90. The molecule has 4 atom stereocenters. The zero-order valence-corrected chi connectivity index (χ0v) is 22.3. The van der Waals surface area contributed by atoms with Crippen molar-refractivity contribution in [3.05, 3.63) is 64.7 Å². The number of piperidine rings is 1. The normalized spacial score (nSPS) is 27.6. The molecule has 2 fully saturated rings. The maximum atomic E-state index is 13.6. The molecule has 0 spiro atoms. The Kier molecular flexibility index (Phi) is 6.88. The van der Waals surface area contributed by atoms with Crippen LogP contribution in [0.1, 0.15) is 57.5 Å². The lowest BCUT2D eigenvalue weighted by Gasteiger charge is -2.38. The quantitative estimate of drug-likeness (QED) is 0.633. The predicted octanol–water partition coefficient (Wildman–Crippen LogP) is 2.44. The molecule has 2 bridgehead atoms. The average molecular weight is 519 g/mol. The molecule has 4 aliphatic heterocycles. The Morgan fingerprint density at radius 2 is 1.84 bits per heavy atom. The van der Waals surface area contributed by atoms with Gasteiger partial charge in [-0.05, 0) is 61.4 Å². The zero-order chi connectivity index (χ0) is 26.4. The van der Waals surface area contributed by atoms with E-state index in [-0.39, 0.29) is 42.6 Å². The molecule has 8 heteroatoms. The van der Waals surface area contributed by atoms with Crippen molar-refractivity contribution in [1.82, 2.24) is 15.1 Å². The van der Waals surface area contributed by atoms with Gasteiger partial charge in [-0.15, -0.1) is 0 Å². The van der Waals surface area contributed by atoms with E-state index in [9.17, 15) is 14.7 Å². The number of anilines is 1. The third-order valence-electron chi connectivity index (χ3n) is 9.12. The zero-order valence-electron chi connectivity index (χ0n) is 22.3. The van der Waals surface area contributed by atoms with Crippen LogP contribution in [0, 0.1) is 0 Å². The maximum Gasteiger partial charge on any atom is 0.256 e. The number of fused-ring (bicyclic) bond motifs is 4. The van der Waals surface area contributed by atoms with Gasteiger partial charge in [-0.3, -0.25) is 9.59 Å². The average Bonchev–Trinajstić information content (AvgIpc) is 3.15. The van der Waals surface area contributed by atoms with Crippen LogP contribution < -0.4 is 10.2 Å². The molecule has 8 nitrogen and oxygen atoms in total. The Hall–Kier alpha value is -2.94. The van der Waals surface area contributed by atoms with E-state index >= 15 is 0 Å². The first-order chi connectivity index (χ1) is 18.4. The monoisotopic (exact) mass is 518 g/mol. The Morgan fingerprint density at radius 1 is 1.11 bits per heavy atom. The molecular weight excluding hydrogens is 480 g/mol. The number of carbonyl (C=O) groups excluding carboxylic acids is 2. The maximum absolute atomic E-state index is 13.6. The van der Waals surface area contributed by atoms with Crippen LogP contribution in [0.4, 0.5) is 5.69 Å². The summed E-state index contributed by atoms with van der Waals surface area (Å²) >= 11 is 0. The van der Waals surface area contributed by atoms with Crippen molar-refractivity contribution in [2.45, 2.75) is 69.0 Å². The lowest BCUT2D eigenvalue weighted by Crippen LogP contribution is -2.50. The standard InChI is InChI=1S/C30H38N4O4/c1-32-11-12-33(18-28(35)26-13-19-5-3-4-6-21(19)17-31-26)30(37)25-10-7-20(14-27(25)32)29(36)34-22-8-9-23(34)16-24(15-22)38-2/h3-7,10,14,22-24,26,28,31,35H,8-9,11-13,15-18H2,1-2H3/t22?,23?,24?,26-,28+/m0/s1. The molecule has 0 aliphatic carbocycles. The van der Waals surface area contributed by atoms with Crippen molar-refractivity contribution in [2.75, 3.05) is 38.7 Å². The summed E-state index contributed by atoms with van der Waals surface area (Å²) in [5.74, 6) is -0.0459. The number of β-amino-alcohol motifs (C(OH)–C–C–N with tert-alkyl or cyclic N) is 1. The van der Waals surface area contributed by atoms with Crippen molar-refractivity contribution in [3.63, 3.8) is 0 Å². The number of aliphatic hydroxyl groups is 1. The molecule has 4 aliphatic rings. The molecule has 38 heavy (non-hydrogen) atoms. The second-order valence-corrected chi connectivity index (χ2v) is 11.4. The van der Waals surface area contributed by atoms with E-state index in [1.807, 2.05) is 25.2 Å². The smallest absolute Gasteiger partial charge is 0.256 e. The number of nitrogens with one attached hydrogen (secondary N) is 1. The van der Waals surface area contributed by atoms with Gasteiger partial charge in [0.1, 0.15) is 0 Å². The van der Waals surface area contributed by atoms with E-state index in [1.165, 1.54) is 11.1 Å². The number of hydrogen-bond acceptors (Lipinski definition) is 6. The first-order valence-electron chi connectivity index (χ1n) is 13.9.